The van der Waals surface area contributed by atoms with Crippen LogP contribution in [-0.2, 0) is 24.5 Å². The van der Waals surface area contributed by atoms with E-state index in [1.165, 1.54) is 0 Å². The van der Waals surface area contributed by atoms with Gasteiger partial charge in [0.05, 0.1) is 18.8 Å². The lowest BCUT2D eigenvalue weighted by Gasteiger charge is -2.07. The van der Waals surface area contributed by atoms with Gasteiger partial charge in [-0.25, -0.2) is 0 Å². The fraction of sp³-hybridized carbons (Fsp3) is 0.308. The highest BCUT2D eigenvalue weighted by Gasteiger charge is 1.99. The summed E-state index contributed by atoms with van der Waals surface area (Å²) < 4.78 is 1.94. The van der Waals surface area contributed by atoms with E-state index in [0.29, 0.717) is 13.2 Å². The second kappa shape index (κ2) is 6.18. The maximum Gasteiger partial charge on any atom is 0.0933 e. The van der Waals surface area contributed by atoms with E-state index in [9.17, 15) is 0 Å². The zero-order valence-electron chi connectivity index (χ0n) is 9.97. The van der Waals surface area contributed by atoms with Crippen LogP contribution in [0.15, 0.2) is 42.6 Å². The molecule has 0 aliphatic carbocycles. The number of rotatable bonds is 6. The molecule has 1 aromatic heterocycles. The van der Waals surface area contributed by atoms with Gasteiger partial charge < -0.3 is 0 Å². The van der Waals surface area contributed by atoms with Crippen molar-refractivity contribution in [2.75, 3.05) is 0 Å². The third kappa shape index (κ3) is 3.41. The highest BCUT2D eigenvalue weighted by molar-refractivity contribution is 5.13. The van der Waals surface area contributed by atoms with Crippen LogP contribution in [0.25, 0.3) is 0 Å². The van der Waals surface area contributed by atoms with E-state index in [-0.39, 0.29) is 0 Å². The summed E-state index contributed by atoms with van der Waals surface area (Å²) in [7, 11) is 0. The Labute approximate surface area is 101 Å². The van der Waals surface area contributed by atoms with Crippen LogP contribution >= 0.6 is 0 Å². The summed E-state index contributed by atoms with van der Waals surface area (Å²) in [5.41, 5.74) is 5.23. The first-order valence-electron chi connectivity index (χ1n) is 5.79. The molecule has 0 saturated carbocycles. The molecule has 0 fully saturated rings. The monoisotopic (exact) mass is 231 g/mol. The number of aryl methyl sites for hydroxylation is 1. The number of benzene rings is 1. The molecule has 0 unspecified atom stereocenters. The fourth-order valence-corrected chi connectivity index (χ4v) is 1.63. The molecule has 0 spiro atoms. The molecule has 4 nitrogen and oxygen atoms in total. The molecule has 0 aliphatic rings. The van der Waals surface area contributed by atoms with Crippen molar-refractivity contribution in [2.45, 2.75) is 26.6 Å². The molecule has 4 heteroatoms. The van der Waals surface area contributed by atoms with E-state index in [4.69, 9.17) is 4.84 Å². The van der Waals surface area contributed by atoms with Gasteiger partial charge in [0.15, 0.2) is 0 Å². The minimum absolute atomic E-state index is 0.571. The zero-order valence-corrected chi connectivity index (χ0v) is 9.97. The van der Waals surface area contributed by atoms with Gasteiger partial charge in [0.25, 0.3) is 0 Å². The molecule has 0 saturated heterocycles. The van der Waals surface area contributed by atoms with Gasteiger partial charge in [0, 0.05) is 12.7 Å². The quantitative estimate of drug-likeness (QED) is 0.611. The van der Waals surface area contributed by atoms with E-state index in [1.807, 2.05) is 41.1 Å². The van der Waals surface area contributed by atoms with Gasteiger partial charge in [-0.15, -0.1) is 0 Å². The van der Waals surface area contributed by atoms with Crippen molar-refractivity contribution in [3.63, 3.8) is 0 Å². The van der Waals surface area contributed by atoms with E-state index in [2.05, 4.69) is 17.5 Å². The largest absolute Gasteiger partial charge is 0.297 e. The first-order chi connectivity index (χ1) is 8.40. The highest BCUT2D eigenvalue weighted by Crippen LogP contribution is 2.01. The topological polar surface area (TPSA) is 39.1 Å². The molecule has 0 atom stereocenters. The van der Waals surface area contributed by atoms with Gasteiger partial charge in [-0.1, -0.05) is 30.3 Å². The minimum Gasteiger partial charge on any atom is -0.297 e. The predicted molar refractivity (Wildman–Crippen MR) is 66.0 cm³/mol. The maximum atomic E-state index is 5.40. The molecule has 1 aromatic carbocycles. The fourth-order valence-electron chi connectivity index (χ4n) is 1.63. The SMILES string of the molecule is CCn1nccc1CNOCc1ccccc1. The smallest absolute Gasteiger partial charge is 0.0933 e. The zero-order chi connectivity index (χ0) is 11.9. The third-order valence-electron chi connectivity index (χ3n) is 2.54. The summed E-state index contributed by atoms with van der Waals surface area (Å²) in [4.78, 5) is 5.40. The van der Waals surface area contributed by atoms with Crippen molar-refractivity contribution >= 4 is 0 Å². The summed E-state index contributed by atoms with van der Waals surface area (Å²) >= 11 is 0. The van der Waals surface area contributed by atoms with Crippen molar-refractivity contribution in [3.8, 4) is 0 Å². The molecular formula is C13H17N3O. The molecule has 0 amide bonds. The van der Waals surface area contributed by atoms with E-state index in [1.54, 1.807) is 6.20 Å². The van der Waals surface area contributed by atoms with Gasteiger partial charge >= 0.3 is 0 Å². The number of nitrogens with one attached hydrogen (secondary N) is 1. The van der Waals surface area contributed by atoms with Crippen LogP contribution in [0.4, 0.5) is 0 Å². The van der Waals surface area contributed by atoms with Crippen LogP contribution in [0, 0.1) is 0 Å². The summed E-state index contributed by atoms with van der Waals surface area (Å²) in [5, 5.41) is 4.19. The molecule has 2 aromatic rings. The van der Waals surface area contributed by atoms with Gasteiger partial charge in [-0.3, -0.25) is 9.52 Å². The average Bonchev–Trinajstić information content (AvgIpc) is 2.83. The Balaban J connectivity index is 1.73. The molecule has 1 N–H and O–H groups in total. The van der Waals surface area contributed by atoms with Gasteiger partial charge in [0.1, 0.15) is 0 Å². The lowest BCUT2D eigenvalue weighted by Crippen LogP contribution is -2.17. The summed E-state index contributed by atoms with van der Waals surface area (Å²) in [5.74, 6) is 0. The second-order valence-corrected chi connectivity index (χ2v) is 3.73. The highest BCUT2D eigenvalue weighted by atomic mass is 16.6. The van der Waals surface area contributed by atoms with Gasteiger partial charge in [-0.05, 0) is 18.6 Å². The Bertz CT molecular complexity index is 439. The van der Waals surface area contributed by atoms with Crippen molar-refractivity contribution < 1.29 is 4.84 Å². The third-order valence-corrected chi connectivity index (χ3v) is 2.54. The normalized spacial score (nSPS) is 10.6. The number of hydrogen-bond donors (Lipinski definition) is 1. The van der Waals surface area contributed by atoms with Crippen LogP contribution < -0.4 is 5.48 Å². The number of aromatic nitrogens is 2. The summed E-state index contributed by atoms with van der Waals surface area (Å²) in [6.45, 7) is 4.19. The van der Waals surface area contributed by atoms with Crippen LogP contribution in [-0.4, -0.2) is 9.78 Å². The molecule has 17 heavy (non-hydrogen) atoms. The van der Waals surface area contributed by atoms with Crippen LogP contribution in [0.2, 0.25) is 0 Å². The summed E-state index contributed by atoms with van der Waals surface area (Å²) in [6.07, 6.45) is 1.80. The Morgan fingerprint density at radius 2 is 2.06 bits per heavy atom. The molecule has 0 bridgehead atoms. The lowest BCUT2D eigenvalue weighted by atomic mass is 10.2. The minimum atomic E-state index is 0.571. The van der Waals surface area contributed by atoms with Crippen molar-refractivity contribution in [2.24, 2.45) is 0 Å². The molecule has 0 aliphatic heterocycles. The molecule has 1 heterocycles. The summed E-state index contributed by atoms with van der Waals surface area (Å²) in [6, 6.07) is 12.1. The van der Waals surface area contributed by atoms with Crippen LogP contribution in [0.5, 0.6) is 0 Å². The van der Waals surface area contributed by atoms with Crippen molar-refractivity contribution in [3.05, 3.63) is 53.9 Å². The average molecular weight is 231 g/mol. The molecule has 90 valence electrons. The van der Waals surface area contributed by atoms with Crippen molar-refractivity contribution in [1.29, 1.82) is 0 Å². The second-order valence-electron chi connectivity index (χ2n) is 3.73. The van der Waals surface area contributed by atoms with Gasteiger partial charge in [0.2, 0.25) is 0 Å². The van der Waals surface area contributed by atoms with E-state index in [0.717, 1.165) is 17.8 Å². The van der Waals surface area contributed by atoms with Gasteiger partial charge in [-0.2, -0.15) is 10.6 Å². The van der Waals surface area contributed by atoms with E-state index >= 15 is 0 Å². The predicted octanol–water partition coefficient (Wildman–Crippen LogP) is 2.12. The standard InChI is InChI=1S/C13H17N3O/c1-2-16-13(8-9-14-16)10-15-17-11-12-6-4-3-5-7-12/h3-9,15H,2,10-11H2,1H3. The Hall–Kier alpha value is -1.65. The Morgan fingerprint density at radius 3 is 2.82 bits per heavy atom. The number of hydroxylamine groups is 1. The first-order valence-corrected chi connectivity index (χ1v) is 5.79. The molecule has 0 radical (unpaired) electrons. The molecule has 2 rings (SSSR count). The number of nitrogens with zero attached hydrogens (tertiary/aromatic N) is 2. The molecular weight excluding hydrogens is 214 g/mol. The maximum absolute atomic E-state index is 5.40. The van der Waals surface area contributed by atoms with E-state index < -0.39 is 0 Å². The van der Waals surface area contributed by atoms with Crippen molar-refractivity contribution in [1.82, 2.24) is 15.3 Å². The van der Waals surface area contributed by atoms with Crippen LogP contribution in [0.3, 0.4) is 0 Å². The lowest BCUT2D eigenvalue weighted by molar-refractivity contribution is 0.0221. The Morgan fingerprint density at radius 1 is 1.24 bits per heavy atom. The first kappa shape index (κ1) is 11.8. The van der Waals surface area contributed by atoms with Crippen LogP contribution in [0.1, 0.15) is 18.2 Å². The number of hydrogen-bond acceptors (Lipinski definition) is 3. The Kier molecular flexibility index (Phi) is 4.30.